The molecule has 1 heterocycles. The highest BCUT2D eigenvalue weighted by Crippen LogP contribution is 2.25. The molecule has 4 nitrogen and oxygen atoms in total. The fourth-order valence-corrected chi connectivity index (χ4v) is 2.92. The van der Waals surface area contributed by atoms with Crippen LogP contribution in [-0.2, 0) is 9.53 Å². The maximum Gasteiger partial charge on any atom is 0.244 e. The molecule has 0 radical (unpaired) electrons. The average molecular weight is 357 g/mol. The molecule has 1 aromatic carbocycles. The average Bonchev–Trinajstić information content (AvgIpc) is 2.53. The summed E-state index contributed by atoms with van der Waals surface area (Å²) < 4.78 is 5.32. The molecular weight excluding hydrogens is 335 g/mol. The van der Waals surface area contributed by atoms with E-state index in [4.69, 9.17) is 27.9 Å². The Morgan fingerprint density at radius 3 is 2.65 bits per heavy atom. The van der Waals surface area contributed by atoms with Crippen molar-refractivity contribution in [2.24, 2.45) is 0 Å². The first-order valence-electron chi connectivity index (χ1n) is 7.79. The first-order valence-corrected chi connectivity index (χ1v) is 8.54. The first-order chi connectivity index (χ1) is 11.1. The lowest BCUT2D eigenvalue weighted by Crippen LogP contribution is -2.40. The van der Waals surface area contributed by atoms with E-state index >= 15 is 0 Å². The summed E-state index contributed by atoms with van der Waals surface area (Å²) in [6.45, 7) is 6.49. The molecule has 1 aliphatic heterocycles. The fraction of sp³-hybridized carbons (Fsp3) is 0.471. The lowest BCUT2D eigenvalue weighted by Gasteiger charge is -2.27. The second-order valence-corrected chi connectivity index (χ2v) is 6.44. The van der Waals surface area contributed by atoms with Crippen LogP contribution in [0.2, 0.25) is 10.0 Å². The summed E-state index contributed by atoms with van der Waals surface area (Å²) in [5.41, 5.74) is 0.659. The Bertz CT molecular complexity index is 537. The Hall–Kier alpha value is -1.07. The van der Waals surface area contributed by atoms with Crippen molar-refractivity contribution in [1.29, 1.82) is 0 Å². The SMILES string of the molecule is CC(CCN1CCOCC1)NC(=O)/C=C/c1c(Cl)cccc1Cl. The molecule has 1 aliphatic rings. The molecule has 126 valence electrons. The van der Waals surface area contributed by atoms with Crippen LogP contribution in [0.25, 0.3) is 6.08 Å². The largest absolute Gasteiger partial charge is 0.379 e. The molecule has 0 aromatic heterocycles. The molecule has 1 amide bonds. The molecular formula is C17H22Cl2N2O2. The molecule has 0 bridgehead atoms. The van der Waals surface area contributed by atoms with E-state index in [1.807, 2.05) is 6.92 Å². The number of carbonyl (C=O) groups excluding carboxylic acids is 1. The van der Waals surface area contributed by atoms with Crippen LogP contribution in [0, 0.1) is 0 Å². The Labute approximate surface area is 147 Å². The predicted octanol–water partition coefficient (Wildman–Crippen LogP) is 3.23. The molecule has 1 aromatic rings. The molecule has 0 saturated carbocycles. The molecule has 2 rings (SSSR count). The van der Waals surface area contributed by atoms with E-state index in [2.05, 4.69) is 10.2 Å². The number of benzene rings is 1. The van der Waals surface area contributed by atoms with Gasteiger partial charge in [0.1, 0.15) is 0 Å². The highest BCUT2D eigenvalue weighted by Gasteiger charge is 2.12. The van der Waals surface area contributed by atoms with E-state index in [0.717, 1.165) is 39.3 Å². The molecule has 0 aliphatic carbocycles. The van der Waals surface area contributed by atoms with Crippen LogP contribution in [0.15, 0.2) is 24.3 Å². The van der Waals surface area contributed by atoms with E-state index in [1.165, 1.54) is 6.08 Å². The van der Waals surface area contributed by atoms with Crippen LogP contribution in [0.3, 0.4) is 0 Å². The number of halogens is 2. The van der Waals surface area contributed by atoms with Crippen molar-refractivity contribution >= 4 is 35.2 Å². The van der Waals surface area contributed by atoms with Gasteiger partial charge in [0.15, 0.2) is 0 Å². The van der Waals surface area contributed by atoms with E-state index in [-0.39, 0.29) is 11.9 Å². The Morgan fingerprint density at radius 1 is 1.35 bits per heavy atom. The summed E-state index contributed by atoms with van der Waals surface area (Å²) in [4.78, 5) is 14.3. The highest BCUT2D eigenvalue weighted by molar-refractivity contribution is 6.37. The van der Waals surface area contributed by atoms with Crippen molar-refractivity contribution in [3.05, 3.63) is 39.9 Å². The molecule has 0 spiro atoms. The summed E-state index contributed by atoms with van der Waals surface area (Å²) >= 11 is 12.1. The molecule has 1 N–H and O–H groups in total. The van der Waals surface area contributed by atoms with Crippen molar-refractivity contribution < 1.29 is 9.53 Å². The van der Waals surface area contributed by atoms with Gasteiger partial charge in [0.2, 0.25) is 5.91 Å². The number of carbonyl (C=O) groups is 1. The predicted molar refractivity (Wildman–Crippen MR) is 95.0 cm³/mol. The molecule has 6 heteroatoms. The van der Waals surface area contributed by atoms with E-state index in [1.54, 1.807) is 24.3 Å². The molecule has 23 heavy (non-hydrogen) atoms. The monoisotopic (exact) mass is 356 g/mol. The minimum absolute atomic E-state index is 0.108. The van der Waals surface area contributed by atoms with Gasteiger partial charge in [0.05, 0.1) is 13.2 Å². The Kier molecular flexibility index (Phi) is 7.37. The standard InChI is InChI=1S/C17H22Cl2N2O2/c1-13(7-8-21-9-11-23-12-10-21)20-17(22)6-5-14-15(18)3-2-4-16(14)19/h2-6,13H,7-12H2,1H3,(H,20,22)/b6-5+. The van der Waals surface area contributed by atoms with Gasteiger partial charge in [-0.2, -0.15) is 0 Å². The summed E-state index contributed by atoms with van der Waals surface area (Å²) in [5.74, 6) is -0.143. The van der Waals surface area contributed by atoms with Crippen molar-refractivity contribution in [3.8, 4) is 0 Å². The van der Waals surface area contributed by atoms with Crippen LogP contribution < -0.4 is 5.32 Å². The van der Waals surface area contributed by atoms with Crippen molar-refractivity contribution in [1.82, 2.24) is 10.2 Å². The smallest absolute Gasteiger partial charge is 0.244 e. The zero-order chi connectivity index (χ0) is 16.7. The van der Waals surface area contributed by atoms with E-state index in [9.17, 15) is 4.79 Å². The van der Waals surface area contributed by atoms with Gasteiger partial charge in [-0.25, -0.2) is 0 Å². The van der Waals surface area contributed by atoms with Crippen molar-refractivity contribution in [3.63, 3.8) is 0 Å². The Balaban J connectivity index is 1.78. The van der Waals surface area contributed by atoms with Crippen LogP contribution >= 0.6 is 23.2 Å². The molecule has 1 saturated heterocycles. The van der Waals surface area contributed by atoms with Gasteiger partial charge in [-0.15, -0.1) is 0 Å². The van der Waals surface area contributed by atoms with Crippen molar-refractivity contribution in [2.45, 2.75) is 19.4 Å². The van der Waals surface area contributed by atoms with E-state index in [0.29, 0.717) is 15.6 Å². The topological polar surface area (TPSA) is 41.6 Å². The number of ether oxygens (including phenoxy) is 1. The number of rotatable bonds is 6. The first kappa shape index (κ1) is 18.3. The molecule has 1 fully saturated rings. The quantitative estimate of drug-likeness (QED) is 0.795. The maximum atomic E-state index is 12.0. The third kappa shape index (κ3) is 6.15. The maximum absolute atomic E-state index is 12.0. The zero-order valence-corrected chi connectivity index (χ0v) is 14.7. The Morgan fingerprint density at radius 2 is 2.00 bits per heavy atom. The number of hydrogen-bond acceptors (Lipinski definition) is 3. The van der Waals surface area contributed by atoms with Crippen LogP contribution in [0.4, 0.5) is 0 Å². The minimum Gasteiger partial charge on any atom is -0.379 e. The lowest BCUT2D eigenvalue weighted by atomic mass is 10.2. The minimum atomic E-state index is -0.143. The van der Waals surface area contributed by atoms with Gasteiger partial charge < -0.3 is 10.1 Å². The summed E-state index contributed by atoms with van der Waals surface area (Å²) in [6, 6.07) is 5.37. The summed E-state index contributed by atoms with van der Waals surface area (Å²) in [5, 5.41) is 4.02. The van der Waals surface area contributed by atoms with Gasteiger partial charge in [0.25, 0.3) is 0 Å². The fourth-order valence-electron chi connectivity index (χ4n) is 2.39. The van der Waals surface area contributed by atoms with Gasteiger partial charge >= 0.3 is 0 Å². The van der Waals surface area contributed by atoms with Gasteiger partial charge in [-0.05, 0) is 31.6 Å². The van der Waals surface area contributed by atoms with Crippen LogP contribution in [0.5, 0.6) is 0 Å². The van der Waals surface area contributed by atoms with Gasteiger partial charge in [-0.3, -0.25) is 9.69 Å². The summed E-state index contributed by atoms with van der Waals surface area (Å²) in [7, 11) is 0. The zero-order valence-electron chi connectivity index (χ0n) is 13.2. The third-order valence-corrected chi connectivity index (χ3v) is 4.43. The second-order valence-electron chi connectivity index (χ2n) is 5.62. The lowest BCUT2D eigenvalue weighted by molar-refractivity contribution is -0.117. The normalized spacial score (nSPS) is 17.3. The van der Waals surface area contributed by atoms with Crippen molar-refractivity contribution in [2.75, 3.05) is 32.8 Å². The highest BCUT2D eigenvalue weighted by atomic mass is 35.5. The summed E-state index contributed by atoms with van der Waals surface area (Å²) in [6.07, 6.45) is 4.03. The number of nitrogens with one attached hydrogen (secondary N) is 1. The van der Waals surface area contributed by atoms with Crippen LogP contribution in [-0.4, -0.2) is 49.7 Å². The third-order valence-electron chi connectivity index (χ3n) is 3.77. The molecule has 1 unspecified atom stereocenters. The van der Waals surface area contributed by atoms with Gasteiger partial charge in [-0.1, -0.05) is 29.3 Å². The second kappa shape index (κ2) is 9.28. The van der Waals surface area contributed by atoms with Gasteiger partial charge in [0, 0.05) is 47.4 Å². The van der Waals surface area contributed by atoms with E-state index < -0.39 is 0 Å². The van der Waals surface area contributed by atoms with Crippen LogP contribution in [0.1, 0.15) is 18.9 Å². The number of morpholine rings is 1. The number of hydrogen-bond donors (Lipinski definition) is 1. The number of amides is 1. The number of nitrogens with zero attached hydrogens (tertiary/aromatic N) is 1. The molecule has 1 atom stereocenters.